The zero-order valence-electron chi connectivity index (χ0n) is 12.5. The van der Waals surface area contributed by atoms with Crippen LogP contribution in [0.5, 0.6) is 0 Å². The molecule has 0 aliphatic carbocycles. The molecule has 0 spiro atoms. The molecule has 0 aromatic rings. The van der Waals surface area contributed by atoms with Gasteiger partial charge in [0, 0.05) is 12.0 Å². The Balaban J connectivity index is 4.52. The van der Waals surface area contributed by atoms with Crippen molar-refractivity contribution in [2.75, 3.05) is 32.2 Å². The molecular weight excluding hydrogens is 266 g/mol. The Labute approximate surface area is 117 Å². The molecule has 0 aromatic heterocycles. The standard InChI is InChI=1S/C13H29NO4S/c1-4-7-13(8-5-2,12-19(14,15)16)11-18-10-9-17-6-3/h4-12H2,1-3H3,(H2,14,15,16). The summed E-state index contributed by atoms with van der Waals surface area (Å²) in [5.41, 5.74) is -0.358. The lowest BCUT2D eigenvalue weighted by molar-refractivity contribution is 0.00736. The first kappa shape index (κ1) is 18.8. The minimum atomic E-state index is -3.48. The Kier molecular flexibility index (Phi) is 9.60. The second kappa shape index (κ2) is 9.69. The number of rotatable bonds is 12. The van der Waals surface area contributed by atoms with E-state index in [9.17, 15) is 8.42 Å². The van der Waals surface area contributed by atoms with Crippen molar-refractivity contribution in [2.24, 2.45) is 10.6 Å². The zero-order chi connectivity index (χ0) is 14.8. The first-order valence-corrected chi connectivity index (χ1v) is 8.76. The molecule has 6 heteroatoms. The minimum Gasteiger partial charge on any atom is -0.379 e. The van der Waals surface area contributed by atoms with Gasteiger partial charge in [0.1, 0.15) is 0 Å². The summed E-state index contributed by atoms with van der Waals surface area (Å²) in [5, 5.41) is 5.23. The molecule has 19 heavy (non-hydrogen) atoms. The number of hydrogen-bond donors (Lipinski definition) is 1. The van der Waals surface area contributed by atoms with Crippen molar-refractivity contribution in [3.05, 3.63) is 0 Å². The summed E-state index contributed by atoms with van der Waals surface area (Å²) >= 11 is 0. The number of sulfonamides is 1. The lowest BCUT2D eigenvalue weighted by Gasteiger charge is -2.32. The van der Waals surface area contributed by atoms with E-state index in [1.165, 1.54) is 0 Å². The number of primary sulfonamides is 1. The smallest absolute Gasteiger partial charge is 0.209 e. The Morgan fingerprint density at radius 1 is 1.00 bits per heavy atom. The molecule has 0 aliphatic rings. The lowest BCUT2D eigenvalue weighted by Crippen LogP contribution is -2.38. The van der Waals surface area contributed by atoms with Crippen LogP contribution in [-0.2, 0) is 19.5 Å². The fourth-order valence-electron chi connectivity index (χ4n) is 2.49. The molecule has 0 saturated carbocycles. The van der Waals surface area contributed by atoms with Gasteiger partial charge in [-0.1, -0.05) is 26.7 Å². The average Bonchev–Trinajstić information content (AvgIpc) is 2.27. The third kappa shape index (κ3) is 9.38. The molecule has 0 radical (unpaired) electrons. The maximum atomic E-state index is 11.4. The molecular formula is C13H29NO4S. The van der Waals surface area contributed by atoms with Crippen molar-refractivity contribution in [2.45, 2.75) is 46.5 Å². The van der Waals surface area contributed by atoms with Gasteiger partial charge in [0.2, 0.25) is 10.0 Å². The maximum Gasteiger partial charge on any atom is 0.209 e. The van der Waals surface area contributed by atoms with E-state index in [1.807, 2.05) is 20.8 Å². The fraction of sp³-hybridized carbons (Fsp3) is 1.00. The summed E-state index contributed by atoms with van der Waals surface area (Å²) < 4.78 is 33.7. The molecule has 0 bridgehead atoms. The first-order valence-electron chi connectivity index (χ1n) is 7.05. The van der Waals surface area contributed by atoms with Crippen LogP contribution in [0.3, 0.4) is 0 Å². The Hall–Kier alpha value is -0.170. The Bertz CT molecular complexity index is 311. The van der Waals surface area contributed by atoms with E-state index in [2.05, 4.69) is 0 Å². The maximum absolute atomic E-state index is 11.4. The summed E-state index contributed by atoms with van der Waals surface area (Å²) in [5.74, 6) is -0.00366. The quantitative estimate of drug-likeness (QED) is 0.558. The van der Waals surface area contributed by atoms with Crippen molar-refractivity contribution >= 4 is 10.0 Å². The van der Waals surface area contributed by atoms with Crippen molar-refractivity contribution in [3.63, 3.8) is 0 Å². The molecule has 0 rings (SSSR count). The fourth-order valence-corrected chi connectivity index (χ4v) is 3.72. The lowest BCUT2D eigenvalue weighted by atomic mass is 9.82. The van der Waals surface area contributed by atoms with Crippen LogP contribution in [0.25, 0.3) is 0 Å². The van der Waals surface area contributed by atoms with Gasteiger partial charge in [-0.2, -0.15) is 0 Å². The number of ether oxygens (including phenoxy) is 2. The van der Waals surface area contributed by atoms with Crippen LogP contribution in [0, 0.1) is 5.41 Å². The van der Waals surface area contributed by atoms with E-state index in [-0.39, 0.29) is 11.2 Å². The monoisotopic (exact) mass is 295 g/mol. The average molecular weight is 295 g/mol. The highest BCUT2D eigenvalue weighted by molar-refractivity contribution is 7.89. The predicted molar refractivity (Wildman–Crippen MR) is 77.5 cm³/mol. The molecule has 0 atom stereocenters. The van der Waals surface area contributed by atoms with Gasteiger partial charge < -0.3 is 9.47 Å². The highest BCUT2D eigenvalue weighted by Crippen LogP contribution is 2.31. The minimum absolute atomic E-state index is 0.00366. The molecule has 0 aliphatic heterocycles. The zero-order valence-corrected chi connectivity index (χ0v) is 13.3. The van der Waals surface area contributed by atoms with Gasteiger partial charge in [-0.3, -0.25) is 0 Å². The molecule has 116 valence electrons. The van der Waals surface area contributed by atoms with Crippen LogP contribution in [0.4, 0.5) is 0 Å². The highest BCUT2D eigenvalue weighted by atomic mass is 32.2. The topological polar surface area (TPSA) is 78.6 Å². The number of hydrogen-bond acceptors (Lipinski definition) is 4. The van der Waals surface area contributed by atoms with Crippen LogP contribution >= 0.6 is 0 Å². The number of nitrogens with two attached hydrogens (primary N) is 1. The third-order valence-electron chi connectivity index (χ3n) is 3.05. The molecule has 0 aromatic carbocycles. The predicted octanol–water partition coefficient (Wildman–Crippen LogP) is 1.91. The summed E-state index contributed by atoms with van der Waals surface area (Å²) in [7, 11) is -3.48. The second-order valence-corrected chi connectivity index (χ2v) is 6.67. The summed E-state index contributed by atoms with van der Waals surface area (Å²) in [6.07, 6.45) is 3.46. The van der Waals surface area contributed by atoms with Crippen molar-refractivity contribution in [3.8, 4) is 0 Å². The van der Waals surface area contributed by atoms with Gasteiger partial charge in [-0.05, 0) is 19.8 Å². The van der Waals surface area contributed by atoms with Crippen molar-refractivity contribution in [1.82, 2.24) is 0 Å². The summed E-state index contributed by atoms with van der Waals surface area (Å²) in [4.78, 5) is 0. The van der Waals surface area contributed by atoms with Crippen molar-refractivity contribution in [1.29, 1.82) is 0 Å². The van der Waals surface area contributed by atoms with Crippen LogP contribution < -0.4 is 5.14 Å². The molecule has 0 unspecified atom stereocenters. The van der Waals surface area contributed by atoms with E-state index in [0.29, 0.717) is 26.4 Å². The van der Waals surface area contributed by atoms with Gasteiger partial charge in [-0.15, -0.1) is 0 Å². The van der Waals surface area contributed by atoms with Crippen LogP contribution in [0.1, 0.15) is 46.5 Å². The SMILES string of the molecule is CCCC(CCC)(COCCOCC)CS(N)(=O)=O. The molecule has 0 fully saturated rings. The first-order chi connectivity index (χ1) is 8.89. The summed E-state index contributed by atoms with van der Waals surface area (Å²) in [6.45, 7) is 8.16. The van der Waals surface area contributed by atoms with Gasteiger partial charge >= 0.3 is 0 Å². The van der Waals surface area contributed by atoms with E-state index in [4.69, 9.17) is 14.6 Å². The second-order valence-electron chi connectivity index (χ2n) is 5.06. The largest absolute Gasteiger partial charge is 0.379 e. The Morgan fingerprint density at radius 2 is 1.53 bits per heavy atom. The van der Waals surface area contributed by atoms with E-state index in [0.717, 1.165) is 25.7 Å². The van der Waals surface area contributed by atoms with E-state index in [1.54, 1.807) is 0 Å². The van der Waals surface area contributed by atoms with Crippen LogP contribution in [0.15, 0.2) is 0 Å². The molecule has 2 N–H and O–H groups in total. The van der Waals surface area contributed by atoms with Gasteiger partial charge in [0.25, 0.3) is 0 Å². The van der Waals surface area contributed by atoms with E-state index < -0.39 is 10.0 Å². The van der Waals surface area contributed by atoms with Gasteiger partial charge in [0.05, 0.1) is 25.6 Å². The molecule has 0 heterocycles. The normalized spacial score (nSPS) is 12.8. The third-order valence-corrected chi connectivity index (χ3v) is 4.07. The van der Waals surface area contributed by atoms with Crippen LogP contribution in [-0.4, -0.2) is 40.6 Å². The van der Waals surface area contributed by atoms with Gasteiger partial charge in [0.15, 0.2) is 0 Å². The molecule has 5 nitrogen and oxygen atoms in total. The highest BCUT2D eigenvalue weighted by Gasteiger charge is 2.33. The van der Waals surface area contributed by atoms with Gasteiger partial charge in [-0.25, -0.2) is 13.6 Å². The van der Waals surface area contributed by atoms with Crippen LogP contribution in [0.2, 0.25) is 0 Å². The van der Waals surface area contributed by atoms with Crippen molar-refractivity contribution < 1.29 is 17.9 Å². The Morgan fingerprint density at radius 3 is 1.95 bits per heavy atom. The van der Waals surface area contributed by atoms with E-state index >= 15 is 0 Å². The molecule has 0 amide bonds. The summed E-state index contributed by atoms with van der Waals surface area (Å²) in [6, 6.07) is 0. The molecule has 0 saturated heterocycles.